The van der Waals surface area contributed by atoms with Crippen LogP contribution in [0.25, 0.3) is 44.3 Å². The van der Waals surface area contributed by atoms with E-state index in [0.717, 1.165) is 62.8 Å². The van der Waals surface area contributed by atoms with Gasteiger partial charge >= 0.3 is 0 Å². The molecule has 202 valence electrons. The van der Waals surface area contributed by atoms with Gasteiger partial charge in [0.05, 0.1) is 17.3 Å². The maximum atomic E-state index is 5.59. The number of thiol groups is 1. The summed E-state index contributed by atoms with van der Waals surface area (Å²) in [6.07, 6.45) is 3.92. The van der Waals surface area contributed by atoms with Crippen molar-refractivity contribution in [2.24, 2.45) is 0 Å². The van der Waals surface area contributed by atoms with Crippen LogP contribution in [0.4, 0.5) is 0 Å². The lowest BCUT2D eigenvalue weighted by Gasteiger charge is -2.12. The van der Waals surface area contributed by atoms with Crippen LogP contribution < -0.4 is 10.6 Å². The minimum absolute atomic E-state index is 0.948. The average molecular weight is 547 g/mol. The van der Waals surface area contributed by atoms with Crippen LogP contribution in [0.3, 0.4) is 0 Å². The number of nitrogens with zero attached hydrogens (tertiary/aromatic N) is 2. The van der Waals surface area contributed by atoms with Crippen molar-refractivity contribution in [1.29, 1.82) is 0 Å². The standard InChI is InChI=1S/C18H18N2S.C16H16N2O/c21-17-7-2-1-5-15(17)16-6-3-4-13-12-14-8-9-19-10-11-20(14)18(13)16;1-3-12-11-13-6-7-17-8-9-18(13)16(12)14(4-1)15-5-2-10-19-15/h1-7,12,19,21H,8-11H2;1-5,10-11,17H,6-9H2. The zero-order chi connectivity index (χ0) is 26.9. The van der Waals surface area contributed by atoms with Crippen LogP contribution >= 0.6 is 12.6 Å². The van der Waals surface area contributed by atoms with Gasteiger partial charge in [-0.15, -0.1) is 12.6 Å². The lowest BCUT2D eigenvalue weighted by Crippen LogP contribution is -2.17. The van der Waals surface area contributed by atoms with Gasteiger partial charge in [-0.05, 0) is 42.0 Å². The van der Waals surface area contributed by atoms with Crippen LogP contribution in [0.2, 0.25) is 0 Å². The second-order valence-corrected chi connectivity index (χ2v) is 11.0. The van der Waals surface area contributed by atoms with Gasteiger partial charge in [-0.2, -0.15) is 0 Å². The molecule has 0 saturated carbocycles. The van der Waals surface area contributed by atoms with Crippen molar-refractivity contribution in [1.82, 2.24) is 19.8 Å². The molecule has 0 saturated heterocycles. The topological polar surface area (TPSA) is 47.1 Å². The predicted molar refractivity (Wildman–Crippen MR) is 167 cm³/mol. The van der Waals surface area contributed by atoms with E-state index < -0.39 is 0 Å². The van der Waals surface area contributed by atoms with Crippen molar-refractivity contribution in [3.8, 4) is 22.5 Å². The number of furan rings is 1. The highest BCUT2D eigenvalue weighted by Crippen LogP contribution is 2.35. The van der Waals surface area contributed by atoms with Crippen molar-refractivity contribution in [2.75, 3.05) is 26.2 Å². The van der Waals surface area contributed by atoms with E-state index in [9.17, 15) is 0 Å². The third-order valence-electron chi connectivity index (χ3n) is 8.13. The minimum Gasteiger partial charge on any atom is -0.464 e. The fourth-order valence-electron chi connectivity index (χ4n) is 6.30. The first-order valence-electron chi connectivity index (χ1n) is 14.2. The number of rotatable bonds is 2. The number of fused-ring (bicyclic) bond motifs is 6. The van der Waals surface area contributed by atoms with Gasteiger partial charge in [0.25, 0.3) is 0 Å². The summed E-state index contributed by atoms with van der Waals surface area (Å²) in [5, 5.41) is 9.58. The van der Waals surface area contributed by atoms with E-state index in [2.05, 4.69) is 99.1 Å². The molecule has 5 heterocycles. The van der Waals surface area contributed by atoms with Crippen molar-refractivity contribution in [3.05, 3.63) is 103 Å². The lowest BCUT2D eigenvalue weighted by molar-refractivity contribution is 0.582. The second kappa shape index (κ2) is 11.0. The molecular weight excluding hydrogens is 512 g/mol. The SMILES string of the molecule is Sc1ccccc1-c1cccc2cc3n(c12)CCNCC3.c1coc(-c2cccc3cc4n(c23)CCNCC4)c1. The van der Waals surface area contributed by atoms with Crippen molar-refractivity contribution >= 4 is 34.4 Å². The summed E-state index contributed by atoms with van der Waals surface area (Å²) >= 11 is 4.64. The van der Waals surface area contributed by atoms with Gasteiger partial charge in [-0.25, -0.2) is 0 Å². The first kappa shape index (κ1) is 25.3. The maximum absolute atomic E-state index is 5.59. The molecule has 0 unspecified atom stereocenters. The second-order valence-electron chi connectivity index (χ2n) is 10.6. The number of benzene rings is 3. The third kappa shape index (κ3) is 4.66. The summed E-state index contributed by atoms with van der Waals surface area (Å²) < 4.78 is 10.5. The summed E-state index contributed by atoms with van der Waals surface area (Å²) in [6.45, 7) is 6.25. The third-order valence-corrected chi connectivity index (χ3v) is 8.52. The summed E-state index contributed by atoms with van der Waals surface area (Å²) in [6, 6.07) is 30.0. The molecule has 0 fully saturated rings. The number of hydrogen-bond donors (Lipinski definition) is 3. The fourth-order valence-corrected chi connectivity index (χ4v) is 6.58. The monoisotopic (exact) mass is 546 g/mol. The van der Waals surface area contributed by atoms with Crippen LogP contribution in [0, 0.1) is 0 Å². The highest BCUT2D eigenvalue weighted by atomic mass is 32.1. The molecule has 2 aliphatic rings. The lowest BCUT2D eigenvalue weighted by atomic mass is 10.0. The molecular formula is C34H34N4OS. The van der Waals surface area contributed by atoms with Crippen LogP contribution in [0.1, 0.15) is 11.4 Å². The molecule has 0 bridgehead atoms. The number of para-hydroxylation sites is 2. The Morgan fingerprint density at radius 2 is 1.20 bits per heavy atom. The molecule has 0 amide bonds. The van der Waals surface area contributed by atoms with Crippen LogP contribution in [-0.4, -0.2) is 35.3 Å². The number of hydrogen-bond acceptors (Lipinski definition) is 4. The minimum atomic E-state index is 0.948. The molecule has 0 radical (unpaired) electrons. The first-order chi connectivity index (χ1) is 19.8. The van der Waals surface area contributed by atoms with E-state index in [1.54, 1.807) is 6.26 Å². The Morgan fingerprint density at radius 1 is 0.600 bits per heavy atom. The van der Waals surface area contributed by atoms with Gasteiger partial charge in [0, 0.05) is 90.3 Å². The highest BCUT2D eigenvalue weighted by Gasteiger charge is 2.17. The normalized spacial score (nSPS) is 15.1. The Bertz CT molecular complexity index is 1780. The van der Waals surface area contributed by atoms with Gasteiger partial charge in [0.2, 0.25) is 0 Å². The van der Waals surface area contributed by atoms with E-state index in [-0.39, 0.29) is 0 Å². The van der Waals surface area contributed by atoms with E-state index in [0.29, 0.717) is 0 Å². The van der Waals surface area contributed by atoms with E-state index in [1.807, 2.05) is 18.2 Å². The zero-order valence-electron chi connectivity index (χ0n) is 22.6. The molecule has 0 atom stereocenters. The van der Waals surface area contributed by atoms with Gasteiger partial charge in [0.1, 0.15) is 5.76 Å². The van der Waals surface area contributed by atoms with E-state index in [4.69, 9.17) is 4.42 Å². The van der Waals surface area contributed by atoms with Crippen LogP contribution in [-0.2, 0) is 25.9 Å². The maximum Gasteiger partial charge on any atom is 0.135 e. The van der Waals surface area contributed by atoms with Gasteiger partial charge < -0.3 is 24.2 Å². The molecule has 8 rings (SSSR count). The zero-order valence-corrected chi connectivity index (χ0v) is 23.5. The number of aromatic nitrogens is 2. The molecule has 0 spiro atoms. The molecule has 2 N–H and O–H groups in total. The van der Waals surface area contributed by atoms with Gasteiger partial charge in [-0.1, -0.05) is 48.5 Å². The summed E-state index contributed by atoms with van der Waals surface area (Å²) in [5.74, 6) is 0.948. The van der Waals surface area contributed by atoms with Gasteiger partial charge in [-0.3, -0.25) is 0 Å². The largest absolute Gasteiger partial charge is 0.464 e. The quantitative estimate of drug-likeness (QED) is 0.210. The Balaban J connectivity index is 0.000000133. The Morgan fingerprint density at radius 3 is 1.82 bits per heavy atom. The summed E-state index contributed by atoms with van der Waals surface area (Å²) in [7, 11) is 0. The van der Waals surface area contributed by atoms with Crippen molar-refractivity contribution in [2.45, 2.75) is 30.8 Å². The van der Waals surface area contributed by atoms with Crippen LogP contribution in [0.5, 0.6) is 0 Å². The average Bonchev–Trinajstić information content (AvgIpc) is 3.63. The molecule has 40 heavy (non-hydrogen) atoms. The molecule has 6 heteroatoms. The van der Waals surface area contributed by atoms with Crippen molar-refractivity contribution in [3.63, 3.8) is 0 Å². The fraction of sp³-hybridized carbons (Fsp3) is 0.235. The summed E-state index contributed by atoms with van der Waals surface area (Å²) in [4.78, 5) is 1.03. The highest BCUT2D eigenvalue weighted by molar-refractivity contribution is 7.80. The molecule has 2 aliphatic heterocycles. The Labute approximate surface area is 240 Å². The smallest absolute Gasteiger partial charge is 0.135 e. The van der Waals surface area contributed by atoms with Crippen molar-refractivity contribution < 1.29 is 4.42 Å². The Hall–Kier alpha value is -3.71. The molecule has 5 nitrogen and oxygen atoms in total. The Kier molecular flexibility index (Phi) is 6.98. The summed E-state index contributed by atoms with van der Waals surface area (Å²) in [5.41, 5.74) is 9.18. The van der Waals surface area contributed by atoms with Gasteiger partial charge in [0.15, 0.2) is 0 Å². The molecule has 3 aromatic heterocycles. The molecule has 3 aromatic carbocycles. The molecule has 0 aliphatic carbocycles. The van der Waals surface area contributed by atoms with E-state index in [1.165, 1.54) is 49.9 Å². The first-order valence-corrected chi connectivity index (χ1v) is 14.7. The molecule has 6 aromatic rings. The van der Waals surface area contributed by atoms with E-state index >= 15 is 0 Å². The predicted octanol–water partition coefficient (Wildman–Crippen LogP) is 6.79. The number of nitrogens with one attached hydrogen (secondary N) is 2. The van der Waals surface area contributed by atoms with Crippen LogP contribution in [0.15, 0.2) is 101 Å².